The minimum Gasteiger partial charge on any atom is -0.364 e. The molecule has 0 amide bonds. The Morgan fingerprint density at radius 2 is 1.84 bits per heavy atom. The second kappa shape index (κ2) is 5.70. The van der Waals surface area contributed by atoms with Crippen LogP contribution in [0, 0.1) is 6.92 Å². The highest BCUT2D eigenvalue weighted by molar-refractivity contribution is 7.89. The van der Waals surface area contributed by atoms with Gasteiger partial charge in [-0.3, -0.25) is 4.57 Å². The SMILES string of the molecule is Cc1conc1-c1nc(C(F)(F)F)cn1-c1ccc(S(N)(=O)=O)cc1. The molecule has 0 saturated carbocycles. The van der Waals surface area contributed by atoms with Crippen LogP contribution in [-0.4, -0.2) is 23.1 Å². The molecule has 0 radical (unpaired) electrons. The molecule has 3 aromatic rings. The zero-order chi connectivity index (χ0) is 18.4. The molecular formula is C14H11F3N4O3S. The number of nitrogens with zero attached hydrogens (tertiary/aromatic N) is 3. The van der Waals surface area contributed by atoms with Gasteiger partial charge in [0.1, 0.15) is 6.26 Å². The molecule has 0 fully saturated rings. The maximum Gasteiger partial charge on any atom is 0.434 e. The summed E-state index contributed by atoms with van der Waals surface area (Å²) in [5.74, 6) is -0.0815. The van der Waals surface area contributed by atoms with Gasteiger partial charge >= 0.3 is 6.18 Å². The van der Waals surface area contributed by atoms with Crippen molar-refractivity contribution in [3.8, 4) is 17.2 Å². The minimum absolute atomic E-state index is 0.0815. The fraction of sp³-hybridized carbons (Fsp3) is 0.143. The van der Waals surface area contributed by atoms with E-state index in [9.17, 15) is 21.6 Å². The Hall–Kier alpha value is -2.66. The zero-order valence-corrected chi connectivity index (χ0v) is 13.5. The second-order valence-electron chi connectivity index (χ2n) is 5.20. The van der Waals surface area contributed by atoms with E-state index in [1.54, 1.807) is 6.92 Å². The molecule has 0 bridgehead atoms. The summed E-state index contributed by atoms with van der Waals surface area (Å²) in [6.45, 7) is 1.61. The first-order valence-corrected chi connectivity index (χ1v) is 8.33. The van der Waals surface area contributed by atoms with Gasteiger partial charge < -0.3 is 4.52 Å². The number of hydrogen-bond acceptors (Lipinski definition) is 5. The molecule has 132 valence electrons. The molecule has 0 aliphatic rings. The number of hydrogen-bond donors (Lipinski definition) is 1. The van der Waals surface area contributed by atoms with E-state index in [2.05, 4.69) is 10.1 Å². The maximum atomic E-state index is 13.0. The van der Waals surface area contributed by atoms with Crippen LogP contribution < -0.4 is 5.14 Å². The minimum atomic E-state index is -4.65. The van der Waals surface area contributed by atoms with Gasteiger partial charge in [0.05, 0.1) is 4.90 Å². The van der Waals surface area contributed by atoms with Crippen LogP contribution in [0.15, 0.2) is 46.1 Å². The van der Waals surface area contributed by atoms with Crippen molar-refractivity contribution in [1.82, 2.24) is 14.7 Å². The fourth-order valence-electron chi connectivity index (χ4n) is 2.18. The summed E-state index contributed by atoms with van der Waals surface area (Å²) in [7, 11) is -3.91. The molecule has 0 saturated heterocycles. The molecule has 2 heterocycles. The number of nitrogens with two attached hydrogens (primary N) is 1. The lowest BCUT2D eigenvalue weighted by Crippen LogP contribution is -2.12. The van der Waals surface area contributed by atoms with Crippen molar-refractivity contribution < 1.29 is 26.1 Å². The number of primary sulfonamides is 1. The van der Waals surface area contributed by atoms with Crippen molar-refractivity contribution in [2.24, 2.45) is 5.14 Å². The molecule has 25 heavy (non-hydrogen) atoms. The Bertz CT molecular complexity index is 1020. The molecule has 0 aliphatic heterocycles. The summed E-state index contributed by atoms with van der Waals surface area (Å²) in [5, 5.41) is 8.70. The third-order valence-electron chi connectivity index (χ3n) is 3.40. The molecular weight excluding hydrogens is 361 g/mol. The normalized spacial score (nSPS) is 12.5. The van der Waals surface area contributed by atoms with Crippen molar-refractivity contribution in [1.29, 1.82) is 0 Å². The van der Waals surface area contributed by atoms with Crippen LogP contribution in [0.1, 0.15) is 11.3 Å². The van der Waals surface area contributed by atoms with Gasteiger partial charge in [0.15, 0.2) is 17.2 Å². The number of aryl methyl sites for hydroxylation is 1. The number of alkyl halides is 3. The number of imidazole rings is 1. The molecule has 7 nitrogen and oxygen atoms in total. The summed E-state index contributed by atoms with van der Waals surface area (Å²) in [4.78, 5) is 3.44. The average molecular weight is 372 g/mol. The van der Waals surface area contributed by atoms with E-state index in [1.165, 1.54) is 30.5 Å². The van der Waals surface area contributed by atoms with Gasteiger partial charge in [-0.1, -0.05) is 5.16 Å². The van der Waals surface area contributed by atoms with Crippen molar-refractivity contribution >= 4 is 10.0 Å². The van der Waals surface area contributed by atoms with E-state index in [-0.39, 0.29) is 22.1 Å². The first-order chi connectivity index (χ1) is 11.6. The number of benzene rings is 1. The summed E-state index contributed by atoms with van der Waals surface area (Å²) >= 11 is 0. The van der Waals surface area contributed by atoms with Crippen LogP contribution in [0.5, 0.6) is 0 Å². The van der Waals surface area contributed by atoms with Gasteiger partial charge in [-0.15, -0.1) is 0 Å². The van der Waals surface area contributed by atoms with Crippen LogP contribution in [0.4, 0.5) is 13.2 Å². The van der Waals surface area contributed by atoms with Crippen molar-refractivity contribution in [3.05, 3.63) is 48.0 Å². The number of rotatable bonds is 3. The van der Waals surface area contributed by atoms with E-state index in [1.807, 2.05) is 0 Å². The van der Waals surface area contributed by atoms with E-state index in [0.717, 1.165) is 10.8 Å². The molecule has 0 aliphatic carbocycles. The quantitative estimate of drug-likeness (QED) is 0.761. The van der Waals surface area contributed by atoms with Gasteiger partial charge in [-0.2, -0.15) is 13.2 Å². The molecule has 11 heteroatoms. The monoisotopic (exact) mass is 372 g/mol. The van der Waals surface area contributed by atoms with Crippen molar-refractivity contribution in [2.75, 3.05) is 0 Å². The molecule has 0 spiro atoms. The largest absolute Gasteiger partial charge is 0.434 e. The fourth-order valence-corrected chi connectivity index (χ4v) is 2.70. The Morgan fingerprint density at radius 3 is 2.32 bits per heavy atom. The first kappa shape index (κ1) is 17.2. The smallest absolute Gasteiger partial charge is 0.364 e. The van der Waals surface area contributed by atoms with Gasteiger partial charge in [0, 0.05) is 17.4 Å². The molecule has 0 atom stereocenters. The molecule has 2 N–H and O–H groups in total. The van der Waals surface area contributed by atoms with Gasteiger partial charge in [-0.25, -0.2) is 18.5 Å². The summed E-state index contributed by atoms with van der Waals surface area (Å²) in [5.41, 5.74) is -0.207. The lowest BCUT2D eigenvalue weighted by atomic mass is 10.2. The summed E-state index contributed by atoms with van der Waals surface area (Å²) < 4.78 is 67.7. The summed E-state index contributed by atoms with van der Waals surface area (Å²) in [6.07, 6.45) is -2.57. The maximum absolute atomic E-state index is 13.0. The van der Waals surface area contributed by atoms with Crippen molar-refractivity contribution in [2.45, 2.75) is 18.0 Å². The Kier molecular flexibility index (Phi) is 3.92. The van der Waals surface area contributed by atoms with E-state index in [0.29, 0.717) is 5.56 Å². The van der Waals surface area contributed by atoms with Gasteiger partial charge in [-0.05, 0) is 31.2 Å². The standard InChI is InChI=1S/C14H11F3N4O3S/c1-8-7-24-20-12(8)13-19-11(14(15,16)17)6-21(13)9-2-4-10(5-3-9)25(18,22)23/h2-7H,1H3,(H2,18,22,23). The van der Waals surface area contributed by atoms with Crippen molar-refractivity contribution in [3.63, 3.8) is 0 Å². The molecule has 1 aromatic carbocycles. The number of halogens is 3. The third kappa shape index (κ3) is 3.28. The number of sulfonamides is 1. The van der Waals surface area contributed by atoms with Crippen LogP contribution in [0.3, 0.4) is 0 Å². The van der Waals surface area contributed by atoms with Gasteiger partial charge in [0.2, 0.25) is 10.0 Å². The highest BCUT2D eigenvalue weighted by atomic mass is 32.2. The van der Waals surface area contributed by atoms with E-state index < -0.39 is 21.9 Å². The second-order valence-corrected chi connectivity index (χ2v) is 6.76. The zero-order valence-electron chi connectivity index (χ0n) is 12.6. The Morgan fingerprint density at radius 1 is 1.20 bits per heavy atom. The Balaban J connectivity index is 2.18. The van der Waals surface area contributed by atoms with E-state index >= 15 is 0 Å². The lowest BCUT2D eigenvalue weighted by Gasteiger charge is -2.07. The van der Waals surface area contributed by atoms with Crippen LogP contribution >= 0.6 is 0 Å². The average Bonchev–Trinajstić information content (AvgIpc) is 3.11. The third-order valence-corrected chi connectivity index (χ3v) is 4.33. The van der Waals surface area contributed by atoms with Crippen LogP contribution in [-0.2, 0) is 16.2 Å². The highest BCUT2D eigenvalue weighted by Gasteiger charge is 2.35. The summed E-state index contributed by atoms with van der Waals surface area (Å²) in [6, 6.07) is 5.02. The molecule has 3 rings (SSSR count). The lowest BCUT2D eigenvalue weighted by molar-refractivity contribution is -0.140. The predicted octanol–water partition coefficient (Wildman–Crippen LogP) is 2.50. The first-order valence-electron chi connectivity index (χ1n) is 6.78. The highest BCUT2D eigenvalue weighted by Crippen LogP contribution is 2.33. The molecule has 2 aromatic heterocycles. The van der Waals surface area contributed by atoms with Crippen LogP contribution in [0.25, 0.3) is 17.2 Å². The predicted molar refractivity (Wildman–Crippen MR) is 80.2 cm³/mol. The topological polar surface area (TPSA) is 104 Å². The van der Waals surface area contributed by atoms with Crippen LogP contribution in [0.2, 0.25) is 0 Å². The van der Waals surface area contributed by atoms with Gasteiger partial charge in [0.25, 0.3) is 0 Å². The number of aromatic nitrogens is 3. The van der Waals surface area contributed by atoms with E-state index in [4.69, 9.17) is 9.66 Å². The molecule has 0 unspecified atom stereocenters. The Labute approximate surface area is 139 Å².